The van der Waals surface area contributed by atoms with E-state index in [-0.39, 0.29) is 36.8 Å². The highest BCUT2D eigenvalue weighted by Gasteiger charge is 2.37. The summed E-state index contributed by atoms with van der Waals surface area (Å²) in [4.78, 5) is 26.5. The number of amides is 2. The van der Waals surface area contributed by atoms with Gasteiger partial charge in [0.15, 0.2) is 5.82 Å². The van der Waals surface area contributed by atoms with Crippen LogP contribution in [0.4, 0.5) is 5.82 Å². The molecule has 1 aliphatic rings. The number of fused-ring (bicyclic) bond motifs is 1. The van der Waals surface area contributed by atoms with Crippen LogP contribution in [0.25, 0.3) is 10.9 Å². The molecule has 3 atom stereocenters. The van der Waals surface area contributed by atoms with Crippen LogP contribution in [-0.2, 0) is 9.59 Å². The molecule has 1 aromatic heterocycles. The standard InChI is InChI=1S/C18H24N4O3/c1-3-11(2)15(10-23)19-18(25)12-8-16(24)22(9-12)17-13-6-4-5-7-14(13)20-21-17/h4-7,11-12,15,23H,3,8-10H2,1-2H3,(H,19,25)(H,20,21)/t11-,12?,15-/m0/s1. The van der Waals surface area contributed by atoms with E-state index in [1.54, 1.807) is 4.90 Å². The summed E-state index contributed by atoms with van der Waals surface area (Å²) in [6, 6.07) is 7.31. The molecule has 25 heavy (non-hydrogen) atoms. The quantitative estimate of drug-likeness (QED) is 0.738. The summed E-state index contributed by atoms with van der Waals surface area (Å²) >= 11 is 0. The lowest BCUT2D eigenvalue weighted by molar-refractivity contribution is -0.127. The summed E-state index contributed by atoms with van der Waals surface area (Å²) in [6.45, 7) is 4.21. The van der Waals surface area contributed by atoms with Crippen molar-refractivity contribution in [2.45, 2.75) is 32.7 Å². The van der Waals surface area contributed by atoms with E-state index in [0.717, 1.165) is 17.3 Å². The third-order valence-corrected chi connectivity index (χ3v) is 5.06. The highest BCUT2D eigenvalue weighted by Crippen LogP contribution is 2.29. The minimum absolute atomic E-state index is 0.102. The Morgan fingerprint density at radius 1 is 1.48 bits per heavy atom. The largest absolute Gasteiger partial charge is 0.394 e. The molecule has 0 radical (unpaired) electrons. The smallest absolute Gasteiger partial charge is 0.229 e. The van der Waals surface area contributed by atoms with Gasteiger partial charge in [-0.15, -0.1) is 0 Å². The second kappa shape index (κ2) is 7.23. The van der Waals surface area contributed by atoms with Crippen LogP contribution in [0.5, 0.6) is 0 Å². The average molecular weight is 344 g/mol. The maximum Gasteiger partial charge on any atom is 0.229 e. The zero-order valence-corrected chi connectivity index (χ0v) is 14.5. The van der Waals surface area contributed by atoms with Crippen LogP contribution in [-0.4, -0.2) is 46.3 Å². The van der Waals surface area contributed by atoms with E-state index in [1.807, 2.05) is 38.1 Å². The lowest BCUT2D eigenvalue weighted by Gasteiger charge is -2.23. The summed E-state index contributed by atoms with van der Waals surface area (Å²) < 4.78 is 0. The number of rotatable bonds is 6. The number of carbonyl (C=O) groups excluding carboxylic acids is 2. The van der Waals surface area contributed by atoms with Crippen LogP contribution in [0, 0.1) is 11.8 Å². The second-order valence-corrected chi connectivity index (χ2v) is 6.68. The first-order valence-corrected chi connectivity index (χ1v) is 8.69. The Morgan fingerprint density at radius 3 is 2.96 bits per heavy atom. The fourth-order valence-electron chi connectivity index (χ4n) is 3.20. The number of benzene rings is 1. The number of anilines is 1. The summed E-state index contributed by atoms with van der Waals surface area (Å²) in [7, 11) is 0. The molecular weight excluding hydrogens is 320 g/mol. The molecule has 1 aromatic carbocycles. The molecule has 0 spiro atoms. The van der Waals surface area contributed by atoms with Crippen molar-refractivity contribution in [3.8, 4) is 0 Å². The molecule has 2 aromatic rings. The van der Waals surface area contributed by atoms with Gasteiger partial charge in [0, 0.05) is 18.4 Å². The number of para-hydroxylation sites is 1. The van der Waals surface area contributed by atoms with Crippen LogP contribution in [0.3, 0.4) is 0 Å². The van der Waals surface area contributed by atoms with Gasteiger partial charge in [-0.25, -0.2) is 0 Å². The zero-order valence-electron chi connectivity index (χ0n) is 14.5. The first-order valence-electron chi connectivity index (χ1n) is 8.69. The van der Waals surface area contributed by atoms with E-state index in [4.69, 9.17) is 0 Å². The van der Waals surface area contributed by atoms with Crippen molar-refractivity contribution in [3.63, 3.8) is 0 Å². The van der Waals surface area contributed by atoms with Gasteiger partial charge in [0.1, 0.15) is 0 Å². The molecule has 3 N–H and O–H groups in total. The molecule has 0 bridgehead atoms. The number of H-pyrrole nitrogens is 1. The van der Waals surface area contributed by atoms with E-state index >= 15 is 0 Å². The van der Waals surface area contributed by atoms with Gasteiger partial charge in [0.25, 0.3) is 0 Å². The van der Waals surface area contributed by atoms with E-state index in [9.17, 15) is 14.7 Å². The number of aliphatic hydroxyl groups excluding tert-OH is 1. The van der Waals surface area contributed by atoms with Crippen LogP contribution < -0.4 is 10.2 Å². The third-order valence-electron chi connectivity index (χ3n) is 5.06. The third kappa shape index (κ3) is 3.37. The van der Waals surface area contributed by atoms with Crippen molar-refractivity contribution in [3.05, 3.63) is 24.3 Å². The highest BCUT2D eigenvalue weighted by molar-refractivity contribution is 6.05. The number of aromatic amines is 1. The number of aliphatic hydroxyl groups is 1. The highest BCUT2D eigenvalue weighted by atomic mass is 16.3. The Bertz CT molecular complexity index is 773. The number of nitrogens with one attached hydrogen (secondary N) is 2. The normalized spacial score (nSPS) is 20.0. The second-order valence-electron chi connectivity index (χ2n) is 6.68. The first kappa shape index (κ1) is 17.4. The van der Waals surface area contributed by atoms with Gasteiger partial charge in [-0.3, -0.25) is 19.6 Å². The Balaban J connectivity index is 1.73. The topological polar surface area (TPSA) is 98.3 Å². The van der Waals surface area contributed by atoms with Gasteiger partial charge in [-0.05, 0) is 18.1 Å². The van der Waals surface area contributed by atoms with E-state index in [2.05, 4.69) is 15.5 Å². The number of nitrogens with zero attached hydrogens (tertiary/aromatic N) is 2. The lowest BCUT2D eigenvalue weighted by atomic mass is 9.98. The average Bonchev–Trinajstić information content (AvgIpc) is 3.22. The summed E-state index contributed by atoms with van der Waals surface area (Å²) in [6.07, 6.45) is 1.02. The van der Waals surface area contributed by atoms with Crippen LogP contribution in [0.2, 0.25) is 0 Å². The summed E-state index contributed by atoms with van der Waals surface area (Å²) in [5.74, 6) is 0.0200. The Labute approximate surface area is 146 Å². The molecule has 134 valence electrons. The minimum atomic E-state index is -0.430. The number of hydrogen-bond donors (Lipinski definition) is 3. The molecular formula is C18H24N4O3. The molecule has 1 unspecified atom stereocenters. The molecule has 3 rings (SSSR count). The van der Waals surface area contributed by atoms with Crippen LogP contribution >= 0.6 is 0 Å². The van der Waals surface area contributed by atoms with Crippen LogP contribution in [0.15, 0.2) is 24.3 Å². The molecule has 1 saturated heterocycles. The van der Waals surface area contributed by atoms with Crippen molar-refractivity contribution in [2.24, 2.45) is 11.8 Å². The Morgan fingerprint density at radius 2 is 2.24 bits per heavy atom. The fraction of sp³-hybridized carbons (Fsp3) is 0.500. The maximum absolute atomic E-state index is 12.5. The van der Waals surface area contributed by atoms with Gasteiger partial charge in [0.05, 0.1) is 24.1 Å². The predicted octanol–water partition coefficient (Wildman–Crippen LogP) is 1.44. The predicted molar refractivity (Wildman–Crippen MR) is 95.0 cm³/mol. The SMILES string of the molecule is CC[C@H](C)[C@H](CO)NC(=O)C1CC(=O)N(c2n[nH]c3ccccc23)C1. The molecule has 1 aliphatic heterocycles. The molecule has 7 heteroatoms. The van der Waals surface area contributed by atoms with Gasteiger partial charge >= 0.3 is 0 Å². The Kier molecular flexibility index (Phi) is 5.03. The van der Waals surface area contributed by atoms with Crippen molar-refractivity contribution < 1.29 is 14.7 Å². The molecule has 0 saturated carbocycles. The number of carbonyl (C=O) groups is 2. The van der Waals surface area contributed by atoms with E-state index in [1.165, 1.54) is 0 Å². The minimum Gasteiger partial charge on any atom is -0.394 e. The maximum atomic E-state index is 12.5. The molecule has 2 heterocycles. The van der Waals surface area contributed by atoms with Crippen LogP contribution in [0.1, 0.15) is 26.7 Å². The van der Waals surface area contributed by atoms with Gasteiger partial charge in [-0.2, -0.15) is 5.10 Å². The number of hydrogen-bond acceptors (Lipinski definition) is 4. The first-order chi connectivity index (χ1) is 12.0. The van der Waals surface area contributed by atoms with E-state index < -0.39 is 5.92 Å². The Hall–Kier alpha value is -2.41. The van der Waals surface area contributed by atoms with Gasteiger partial charge < -0.3 is 10.4 Å². The molecule has 2 amide bonds. The van der Waals surface area contributed by atoms with Crippen molar-refractivity contribution in [1.82, 2.24) is 15.5 Å². The lowest BCUT2D eigenvalue weighted by Crippen LogP contribution is -2.45. The molecule has 1 fully saturated rings. The van der Waals surface area contributed by atoms with Crippen molar-refractivity contribution in [1.29, 1.82) is 0 Å². The molecule has 0 aliphatic carbocycles. The van der Waals surface area contributed by atoms with Crippen molar-refractivity contribution in [2.75, 3.05) is 18.1 Å². The van der Waals surface area contributed by atoms with Gasteiger partial charge in [0.2, 0.25) is 11.8 Å². The monoisotopic (exact) mass is 344 g/mol. The summed E-state index contributed by atoms with van der Waals surface area (Å²) in [5.41, 5.74) is 0.857. The molecule has 7 nitrogen and oxygen atoms in total. The van der Waals surface area contributed by atoms with E-state index in [0.29, 0.717) is 12.4 Å². The van der Waals surface area contributed by atoms with Gasteiger partial charge in [-0.1, -0.05) is 32.4 Å². The van der Waals surface area contributed by atoms with Crippen molar-refractivity contribution >= 4 is 28.5 Å². The number of aromatic nitrogens is 2. The summed E-state index contributed by atoms with van der Waals surface area (Å²) in [5, 5.41) is 20.4. The fourth-order valence-corrected chi connectivity index (χ4v) is 3.20. The zero-order chi connectivity index (χ0) is 18.0.